The molecule has 0 saturated carbocycles. The summed E-state index contributed by atoms with van der Waals surface area (Å²) in [6, 6.07) is 7.07. The fourth-order valence-corrected chi connectivity index (χ4v) is 2.62. The lowest BCUT2D eigenvalue weighted by Gasteiger charge is -2.31. The predicted molar refractivity (Wildman–Crippen MR) is 91.6 cm³/mol. The molecule has 2 rings (SSSR count). The lowest BCUT2D eigenvalue weighted by Crippen LogP contribution is -2.49. The minimum absolute atomic E-state index is 0.114. The van der Waals surface area contributed by atoms with E-state index in [-0.39, 0.29) is 12.3 Å². The van der Waals surface area contributed by atoms with Crippen LogP contribution in [0.1, 0.15) is 43.5 Å². The number of nitrogens with one attached hydrogen (secondary N) is 1. The summed E-state index contributed by atoms with van der Waals surface area (Å²) in [5.41, 5.74) is 0.397. The van der Waals surface area contributed by atoms with Gasteiger partial charge in [0.15, 0.2) is 0 Å². The standard InChI is InChI=1S/C17H20ClN3O3/c1-3-17(4-2,9-15(22)23)20-16(24)12-10-19-21(11-12)14-7-5-13(18)6-8-14/h5-8,10-11H,3-4,9H2,1-2H3,(H,20,24)(H,22,23). The zero-order valence-corrected chi connectivity index (χ0v) is 14.4. The zero-order chi connectivity index (χ0) is 17.7. The van der Waals surface area contributed by atoms with E-state index in [0.717, 1.165) is 5.69 Å². The molecule has 0 radical (unpaired) electrons. The van der Waals surface area contributed by atoms with Crippen molar-refractivity contribution in [2.75, 3.05) is 0 Å². The molecule has 1 aromatic heterocycles. The van der Waals surface area contributed by atoms with Gasteiger partial charge in [-0.3, -0.25) is 9.59 Å². The summed E-state index contributed by atoms with van der Waals surface area (Å²) in [4.78, 5) is 23.6. The summed E-state index contributed by atoms with van der Waals surface area (Å²) in [6.45, 7) is 3.73. The van der Waals surface area contributed by atoms with E-state index in [1.807, 2.05) is 13.8 Å². The maximum atomic E-state index is 12.5. The first-order valence-corrected chi connectivity index (χ1v) is 8.12. The molecule has 2 aromatic rings. The monoisotopic (exact) mass is 349 g/mol. The number of carbonyl (C=O) groups excluding carboxylic acids is 1. The number of halogens is 1. The number of carboxylic acid groups (broad SMARTS) is 1. The first kappa shape index (κ1) is 18.0. The third kappa shape index (κ3) is 4.14. The van der Waals surface area contributed by atoms with E-state index in [9.17, 15) is 9.59 Å². The molecule has 0 fully saturated rings. The van der Waals surface area contributed by atoms with Crippen molar-refractivity contribution < 1.29 is 14.7 Å². The number of carbonyl (C=O) groups is 2. The van der Waals surface area contributed by atoms with Gasteiger partial charge in [-0.1, -0.05) is 25.4 Å². The SMILES string of the molecule is CCC(CC)(CC(=O)O)NC(=O)c1cnn(-c2ccc(Cl)cc2)c1. The van der Waals surface area contributed by atoms with Gasteiger partial charge in [-0.2, -0.15) is 5.10 Å². The van der Waals surface area contributed by atoms with Crippen molar-refractivity contribution >= 4 is 23.5 Å². The fourth-order valence-electron chi connectivity index (χ4n) is 2.50. The van der Waals surface area contributed by atoms with E-state index < -0.39 is 11.5 Å². The maximum Gasteiger partial charge on any atom is 0.305 e. The van der Waals surface area contributed by atoms with Crippen molar-refractivity contribution in [2.45, 2.75) is 38.6 Å². The number of aromatic nitrogens is 2. The third-order valence-electron chi connectivity index (χ3n) is 4.16. The van der Waals surface area contributed by atoms with Crippen LogP contribution in [-0.4, -0.2) is 32.3 Å². The molecule has 2 N–H and O–H groups in total. The van der Waals surface area contributed by atoms with Crippen molar-refractivity contribution in [1.29, 1.82) is 0 Å². The summed E-state index contributed by atoms with van der Waals surface area (Å²) in [7, 11) is 0. The number of nitrogens with zero attached hydrogens (tertiary/aromatic N) is 2. The van der Waals surface area contributed by atoms with Crippen LogP contribution in [0.25, 0.3) is 5.69 Å². The summed E-state index contributed by atoms with van der Waals surface area (Å²) < 4.78 is 1.57. The number of aliphatic carboxylic acids is 1. The molecule has 7 heteroatoms. The van der Waals surface area contributed by atoms with E-state index in [0.29, 0.717) is 23.4 Å². The molecular weight excluding hydrogens is 330 g/mol. The van der Waals surface area contributed by atoms with E-state index in [1.165, 1.54) is 6.20 Å². The van der Waals surface area contributed by atoms with Crippen molar-refractivity contribution in [3.05, 3.63) is 47.2 Å². The third-order valence-corrected chi connectivity index (χ3v) is 4.41. The molecule has 0 unspecified atom stereocenters. The van der Waals surface area contributed by atoms with Crippen LogP contribution in [0, 0.1) is 0 Å². The second-order valence-electron chi connectivity index (χ2n) is 5.66. The molecule has 0 spiro atoms. The Morgan fingerprint density at radius 1 is 1.25 bits per heavy atom. The van der Waals surface area contributed by atoms with E-state index >= 15 is 0 Å². The van der Waals surface area contributed by atoms with Gasteiger partial charge in [-0.25, -0.2) is 4.68 Å². The smallest absolute Gasteiger partial charge is 0.305 e. The fraction of sp³-hybridized carbons (Fsp3) is 0.353. The Balaban J connectivity index is 2.18. The number of hydrogen-bond acceptors (Lipinski definition) is 3. The van der Waals surface area contributed by atoms with Gasteiger partial charge in [-0.15, -0.1) is 0 Å². The van der Waals surface area contributed by atoms with Crippen molar-refractivity contribution in [3.8, 4) is 5.69 Å². The quantitative estimate of drug-likeness (QED) is 0.803. The van der Waals surface area contributed by atoms with Crippen LogP contribution in [-0.2, 0) is 4.79 Å². The maximum absolute atomic E-state index is 12.5. The highest BCUT2D eigenvalue weighted by Gasteiger charge is 2.31. The average Bonchev–Trinajstić information content (AvgIpc) is 3.04. The number of carboxylic acids is 1. The minimum atomic E-state index is -0.934. The molecule has 0 aliphatic heterocycles. The van der Waals surface area contributed by atoms with Gasteiger partial charge in [-0.05, 0) is 37.1 Å². The van der Waals surface area contributed by atoms with Gasteiger partial charge < -0.3 is 10.4 Å². The van der Waals surface area contributed by atoms with Gasteiger partial charge >= 0.3 is 5.97 Å². The summed E-state index contributed by atoms with van der Waals surface area (Å²) >= 11 is 5.86. The largest absolute Gasteiger partial charge is 0.481 e. The first-order valence-electron chi connectivity index (χ1n) is 7.74. The Hall–Kier alpha value is -2.34. The van der Waals surface area contributed by atoms with Gasteiger partial charge in [0.1, 0.15) is 0 Å². The lowest BCUT2D eigenvalue weighted by molar-refractivity contribution is -0.138. The molecule has 1 aromatic carbocycles. The first-order chi connectivity index (χ1) is 11.4. The molecule has 0 atom stereocenters. The summed E-state index contributed by atoms with van der Waals surface area (Å²) in [5.74, 6) is -1.27. The summed E-state index contributed by atoms with van der Waals surface area (Å²) in [5, 5.41) is 16.7. The van der Waals surface area contributed by atoms with Crippen molar-refractivity contribution in [3.63, 3.8) is 0 Å². The van der Waals surface area contributed by atoms with Gasteiger partial charge in [0.25, 0.3) is 5.91 Å². The van der Waals surface area contributed by atoms with E-state index in [4.69, 9.17) is 16.7 Å². The molecule has 0 aliphatic rings. The Kier molecular flexibility index (Phi) is 5.62. The average molecular weight is 350 g/mol. The number of benzene rings is 1. The minimum Gasteiger partial charge on any atom is -0.481 e. The molecule has 24 heavy (non-hydrogen) atoms. The van der Waals surface area contributed by atoms with Gasteiger partial charge in [0.2, 0.25) is 0 Å². The molecule has 128 valence electrons. The van der Waals surface area contributed by atoms with Crippen LogP contribution in [0.15, 0.2) is 36.7 Å². The second kappa shape index (κ2) is 7.49. The highest BCUT2D eigenvalue weighted by atomic mass is 35.5. The second-order valence-corrected chi connectivity index (χ2v) is 6.10. The molecule has 0 saturated heterocycles. The van der Waals surface area contributed by atoms with Crippen molar-refractivity contribution in [1.82, 2.24) is 15.1 Å². The van der Waals surface area contributed by atoms with Crippen LogP contribution in [0.3, 0.4) is 0 Å². The van der Waals surface area contributed by atoms with Crippen molar-refractivity contribution in [2.24, 2.45) is 0 Å². The Morgan fingerprint density at radius 2 is 1.88 bits per heavy atom. The predicted octanol–water partition coefficient (Wildman–Crippen LogP) is 3.29. The van der Waals surface area contributed by atoms with Crippen LogP contribution in [0.5, 0.6) is 0 Å². The van der Waals surface area contributed by atoms with Crippen LogP contribution >= 0.6 is 11.6 Å². The Morgan fingerprint density at radius 3 is 2.42 bits per heavy atom. The molecular formula is C17H20ClN3O3. The zero-order valence-electron chi connectivity index (χ0n) is 13.6. The topological polar surface area (TPSA) is 84.2 Å². The van der Waals surface area contributed by atoms with Crippen LogP contribution < -0.4 is 5.32 Å². The van der Waals surface area contributed by atoms with Crippen LogP contribution in [0.2, 0.25) is 5.02 Å². The molecule has 1 heterocycles. The Labute approximate surface area is 145 Å². The highest BCUT2D eigenvalue weighted by Crippen LogP contribution is 2.21. The number of amides is 1. The molecule has 1 amide bonds. The molecule has 0 bridgehead atoms. The van der Waals surface area contributed by atoms with Crippen LogP contribution in [0.4, 0.5) is 0 Å². The lowest BCUT2D eigenvalue weighted by atomic mass is 9.88. The summed E-state index contributed by atoms with van der Waals surface area (Å²) in [6.07, 6.45) is 4.02. The Bertz CT molecular complexity index is 721. The van der Waals surface area contributed by atoms with Gasteiger partial charge in [0, 0.05) is 11.2 Å². The number of hydrogen-bond donors (Lipinski definition) is 2. The molecule has 6 nitrogen and oxygen atoms in total. The molecule has 0 aliphatic carbocycles. The normalized spacial score (nSPS) is 11.3. The van der Waals surface area contributed by atoms with E-state index in [1.54, 1.807) is 35.1 Å². The number of rotatable bonds is 7. The highest BCUT2D eigenvalue weighted by molar-refractivity contribution is 6.30. The van der Waals surface area contributed by atoms with Gasteiger partial charge in [0.05, 0.1) is 29.4 Å². The van der Waals surface area contributed by atoms with E-state index in [2.05, 4.69) is 10.4 Å².